The molecule has 6 nitrogen and oxygen atoms in total. The van der Waals surface area contributed by atoms with Crippen LogP contribution < -0.4 is 5.32 Å². The van der Waals surface area contributed by atoms with Crippen LogP contribution in [0.1, 0.15) is 18.4 Å². The predicted molar refractivity (Wildman–Crippen MR) is 139 cm³/mol. The van der Waals surface area contributed by atoms with Gasteiger partial charge in [-0.15, -0.1) is 0 Å². The van der Waals surface area contributed by atoms with Crippen LogP contribution in [0.25, 0.3) is 39.0 Å². The molecule has 4 heterocycles. The van der Waals surface area contributed by atoms with E-state index in [-0.39, 0.29) is 0 Å². The van der Waals surface area contributed by atoms with Gasteiger partial charge in [-0.3, -0.25) is 4.98 Å². The monoisotopic (exact) mass is 448 g/mol. The maximum Gasteiger partial charge on any atom is 0.160 e. The van der Waals surface area contributed by atoms with Crippen LogP contribution in [0.3, 0.4) is 0 Å². The Morgan fingerprint density at radius 1 is 1.03 bits per heavy atom. The standard InChI is InChI=1S/C28H28N6/c1-34-12-9-24(10-13-34)32-19-23(16-29)21-14-22(18-30-17-21)26-15-27(20-6-3-2-4-7-20)33-28-25(26)8-5-11-31-28/h2-8,11,14-19,24,29,32H,9-10,12-13H2,1H3/b23-19+,29-16?. The second-order valence-corrected chi connectivity index (χ2v) is 8.75. The van der Waals surface area contributed by atoms with Gasteiger partial charge in [0.25, 0.3) is 0 Å². The molecule has 0 atom stereocenters. The summed E-state index contributed by atoms with van der Waals surface area (Å²) in [6.07, 6.45) is 11.0. The molecule has 2 N–H and O–H groups in total. The summed E-state index contributed by atoms with van der Waals surface area (Å²) in [6, 6.07) is 18.7. The number of allylic oxidation sites excluding steroid dienone is 1. The third-order valence-electron chi connectivity index (χ3n) is 6.39. The van der Waals surface area contributed by atoms with Gasteiger partial charge < -0.3 is 15.6 Å². The molecule has 170 valence electrons. The lowest BCUT2D eigenvalue weighted by molar-refractivity contribution is 0.244. The average Bonchev–Trinajstić information content (AvgIpc) is 2.90. The number of hydrogen-bond acceptors (Lipinski definition) is 6. The first-order valence-corrected chi connectivity index (χ1v) is 11.6. The zero-order chi connectivity index (χ0) is 23.3. The summed E-state index contributed by atoms with van der Waals surface area (Å²) in [6.45, 7) is 2.19. The number of nitrogens with zero attached hydrogens (tertiary/aromatic N) is 4. The minimum atomic E-state index is 0.436. The summed E-state index contributed by atoms with van der Waals surface area (Å²) in [7, 11) is 2.16. The number of nitrogens with one attached hydrogen (secondary N) is 2. The van der Waals surface area contributed by atoms with E-state index in [4.69, 9.17) is 10.4 Å². The molecule has 0 aliphatic carbocycles. The molecule has 0 saturated carbocycles. The van der Waals surface area contributed by atoms with Crippen molar-refractivity contribution in [3.8, 4) is 22.4 Å². The fraction of sp³-hybridized carbons (Fsp3) is 0.214. The van der Waals surface area contributed by atoms with Gasteiger partial charge in [0, 0.05) is 64.7 Å². The zero-order valence-electron chi connectivity index (χ0n) is 19.3. The Balaban J connectivity index is 1.52. The van der Waals surface area contributed by atoms with E-state index >= 15 is 0 Å². The van der Waals surface area contributed by atoms with Crippen molar-refractivity contribution in [2.24, 2.45) is 0 Å². The fourth-order valence-corrected chi connectivity index (χ4v) is 4.39. The van der Waals surface area contributed by atoms with Crippen molar-refractivity contribution in [3.05, 3.63) is 85.0 Å². The van der Waals surface area contributed by atoms with Gasteiger partial charge in [-0.2, -0.15) is 0 Å². The Morgan fingerprint density at radius 3 is 2.65 bits per heavy atom. The summed E-state index contributed by atoms with van der Waals surface area (Å²) in [4.78, 5) is 16.2. The van der Waals surface area contributed by atoms with Gasteiger partial charge in [0.1, 0.15) is 0 Å². The molecule has 1 aliphatic rings. The van der Waals surface area contributed by atoms with Crippen LogP contribution in [0, 0.1) is 5.41 Å². The first kappa shape index (κ1) is 21.9. The fourth-order valence-electron chi connectivity index (χ4n) is 4.39. The van der Waals surface area contributed by atoms with E-state index in [1.54, 1.807) is 6.20 Å². The maximum atomic E-state index is 8.01. The molecule has 0 bridgehead atoms. The molecule has 6 heteroatoms. The average molecular weight is 449 g/mol. The van der Waals surface area contributed by atoms with Gasteiger partial charge in [-0.05, 0) is 62.8 Å². The highest BCUT2D eigenvalue weighted by atomic mass is 15.1. The molecule has 1 fully saturated rings. The highest BCUT2D eigenvalue weighted by molar-refractivity contribution is 6.08. The Kier molecular flexibility index (Phi) is 6.40. The minimum Gasteiger partial charge on any atom is -0.388 e. The number of hydrogen-bond donors (Lipinski definition) is 2. The molecule has 5 rings (SSSR count). The van der Waals surface area contributed by atoms with Gasteiger partial charge in [-0.1, -0.05) is 30.3 Å². The molecule has 0 unspecified atom stereocenters. The molecule has 3 aromatic heterocycles. The Labute approximate surface area is 199 Å². The number of aromatic nitrogens is 3. The SMILES string of the molecule is CN1CCC(N/C=C(\C=N)c2cncc(-c3cc(-c4ccccc4)nc4ncccc34)c2)CC1. The second-order valence-electron chi connectivity index (χ2n) is 8.75. The Bertz CT molecular complexity index is 1320. The summed E-state index contributed by atoms with van der Waals surface area (Å²) in [5.41, 5.74) is 6.34. The zero-order valence-corrected chi connectivity index (χ0v) is 19.3. The third-order valence-corrected chi connectivity index (χ3v) is 6.39. The molecule has 1 aliphatic heterocycles. The highest BCUT2D eigenvalue weighted by Gasteiger charge is 2.16. The molecule has 0 spiro atoms. The molecule has 0 radical (unpaired) electrons. The van der Waals surface area contributed by atoms with E-state index in [1.807, 2.05) is 48.9 Å². The van der Waals surface area contributed by atoms with Crippen molar-refractivity contribution >= 4 is 22.8 Å². The van der Waals surface area contributed by atoms with E-state index < -0.39 is 0 Å². The lowest BCUT2D eigenvalue weighted by Crippen LogP contribution is -2.38. The van der Waals surface area contributed by atoms with Crippen molar-refractivity contribution in [2.45, 2.75) is 18.9 Å². The van der Waals surface area contributed by atoms with Crippen molar-refractivity contribution in [3.63, 3.8) is 0 Å². The number of fused-ring (bicyclic) bond motifs is 1. The Morgan fingerprint density at radius 2 is 1.85 bits per heavy atom. The van der Waals surface area contributed by atoms with Gasteiger partial charge in [0.15, 0.2) is 5.65 Å². The van der Waals surface area contributed by atoms with Gasteiger partial charge in [0.2, 0.25) is 0 Å². The molecule has 4 aromatic rings. The van der Waals surface area contributed by atoms with Crippen LogP contribution in [-0.4, -0.2) is 52.2 Å². The van der Waals surface area contributed by atoms with Crippen LogP contribution in [0.5, 0.6) is 0 Å². The van der Waals surface area contributed by atoms with E-state index in [0.29, 0.717) is 11.7 Å². The normalized spacial score (nSPS) is 15.4. The molecule has 34 heavy (non-hydrogen) atoms. The van der Waals surface area contributed by atoms with Crippen molar-refractivity contribution < 1.29 is 0 Å². The molecule has 1 saturated heterocycles. The van der Waals surface area contributed by atoms with Crippen LogP contribution in [0.4, 0.5) is 0 Å². The summed E-state index contributed by atoms with van der Waals surface area (Å²) >= 11 is 0. The van der Waals surface area contributed by atoms with E-state index in [2.05, 4.69) is 51.5 Å². The molecule has 1 aromatic carbocycles. The second kappa shape index (κ2) is 9.93. The van der Waals surface area contributed by atoms with Gasteiger partial charge in [-0.25, -0.2) is 9.97 Å². The summed E-state index contributed by atoms with van der Waals surface area (Å²) in [5.74, 6) is 0. The minimum absolute atomic E-state index is 0.436. The quantitative estimate of drug-likeness (QED) is 0.405. The van der Waals surface area contributed by atoms with Gasteiger partial charge >= 0.3 is 0 Å². The largest absolute Gasteiger partial charge is 0.388 e. The third kappa shape index (κ3) is 4.72. The topological polar surface area (TPSA) is 77.8 Å². The number of piperidine rings is 1. The van der Waals surface area contributed by atoms with Crippen molar-refractivity contribution in [1.82, 2.24) is 25.2 Å². The first-order valence-electron chi connectivity index (χ1n) is 11.6. The Hall–Kier alpha value is -3.90. The molecule has 0 amide bonds. The molecular weight excluding hydrogens is 420 g/mol. The van der Waals surface area contributed by atoms with Gasteiger partial charge in [0.05, 0.1) is 5.69 Å². The number of rotatable bonds is 6. The number of benzene rings is 1. The van der Waals surface area contributed by atoms with E-state index in [1.165, 1.54) is 6.21 Å². The van der Waals surface area contributed by atoms with E-state index in [9.17, 15) is 0 Å². The van der Waals surface area contributed by atoms with Crippen LogP contribution in [0.2, 0.25) is 0 Å². The van der Waals surface area contributed by atoms with Crippen molar-refractivity contribution in [2.75, 3.05) is 20.1 Å². The lowest BCUT2D eigenvalue weighted by Gasteiger charge is -2.29. The number of pyridine rings is 3. The van der Waals surface area contributed by atoms with Crippen LogP contribution >= 0.6 is 0 Å². The maximum absolute atomic E-state index is 8.01. The lowest BCUT2D eigenvalue weighted by atomic mass is 9.98. The first-order chi connectivity index (χ1) is 16.7. The summed E-state index contributed by atoms with van der Waals surface area (Å²) in [5, 5.41) is 12.5. The van der Waals surface area contributed by atoms with Crippen LogP contribution in [0.15, 0.2) is 79.4 Å². The predicted octanol–water partition coefficient (Wildman–Crippen LogP) is 5.03. The van der Waals surface area contributed by atoms with Crippen molar-refractivity contribution in [1.29, 1.82) is 5.41 Å². The van der Waals surface area contributed by atoms with E-state index in [0.717, 1.165) is 64.8 Å². The smallest absolute Gasteiger partial charge is 0.160 e. The molecular formula is C28H28N6. The number of likely N-dealkylation sites (tertiary alicyclic amines) is 1. The summed E-state index contributed by atoms with van der Waals surface area (Å²) < 4.78 is 0. The van der Waals surface area contributed by atoms with Crippen LogP contribution in [-0.2, 0) is 0 Å². The highest BCUT2D eigenvalue weighted by Crippen LogP contribution is 2.32.